The topological polar surface area (TPSA) is 29.5 Å². The SMILES string of the molecule is CC(C)OCC(O)CSc1ccc(C(C)C)cc1. The quantitative estimate of drug-likeness (QED) is 0.765. The smallest absolute Gasteiger partial charge is 0.0867 e. The van der Waals surface area contributed by atoms with Gasteiger partial charge in [0.2, 0.25) is 0 Å². The zero-order chi connectivity index (χ0) is 13.5. The second kappa shape index (κ2) is 7.82. The molecular formula is C15H24O2S. The zero-order valence-electron chi connectivity index (χ0n) is 11.7. The molecule has 0 spiro atoms. The Hall–Kier alpha value is -0.510. The predicted octanol–water partition coefficient (Wildman–Crippen LogP) is 3.69. The molecule has 0 bridgehead atoms. The number of hydrogen-bond donors (Lipinski definition) is 1. The first-order chi connectivity index (χ1) is 8.49. The summed E-state index contributed by atoms with van der Waals surface area (Å²) in [6.45, 7) is 8.74. The van der Waals surface area contributed by atoms with Crippen molar-refractivity contribution in [2.24, 2.45) is 0 Å². The van der Waals surface area contributed by atoms with Crippen molar-refractivity contribution in [2.75, 3.05) is 12.4 Å². The molecule has 1 aromatic carbocycles. The summed E-state index contributed by atoms with van der Waals surface area (Å²) in [5.41, 5.74) is 1.35. The highest BCUT2D eigenvalue weighted by atomic mass is 32.2. The number of benzene rings is 1. The number of ether oxygens (including phenoxy) is 1. The van der Waals surface area contributed by atoms with Crippen LogP contribution in [0.15, 0.2) is 29.2 Å². The van der Waals surface area contributed by atoms with E-state index in [1.54, 1.807) is 11.8 Å². The van der Waals surface area contributed by atoms with Gasteiger partial charge in [-0.2, -0.15) is 0 Å². The third-order valence-corrected chi connectivity index (χ3v) is 3.77. The lowest BCUT2D eigenvalue weighted by molar-refractivity contribution is 0.0152. The van der Waals surface area contributed by atoms with Crippen LogP contribution in [0.25, 0.3) is 0 Å². The number of aliphatic hydroxyl groups excluding tert-OH is 1. The maximum Gasteiger partial charge on any atom is 0.0867 e. The van der Waals surface area contributed by atoms with Crippen LogP contribution in [0.3, 0.4) is 0 Å². The summed E-state index contributed by atoms with van der Waals surface area (Å²) in [5.74, 6) is 1.24. The second-order valence-corrected chi connectivity index (χ2v) is 6.16. The molecule has 1 aromatic rings. The van der Waals surface area contributed by atoms with Crippen LogP contribution in [0.5, 0.6) is 0 Å². The van der Waals surface area contributed by atoms with Gasteiger partial charge in [-0.1, -0.05) is 26.0 Å². The maximum atomic E-state index is 9.76. The van der Waals surface area contributed by atoms with Gasteiger partial charge in [-0.3, -0.25) is 0 Å². The summed E-state index contributed by atoms with van der Waals surface area (Å²) in [5, 5.41) is 9.76. The second-order valence-electron chi connectivity index (χ2n) is 5.07. The van der Waals surface area contributed by atoms with Crippen molar-refractivity contribution >= 4 is 11.8 Å². The fourth-order valence-corrected chi connectivity index (χ4v) is 2.30. The van der Waals surface area contributed by atoms with Crippen molar-refractivity contribution in [3.8, 4) is 0 Å². The van der Waals surface area contributed by atoms with Gasteiger partial charge in [-0.25, -0.2) is 0 Å². The van der Waals surface area contributed by atoms with Crippen molar-refractivity contribution < 1.29 is 9.84 Å². The van der Waals surface area contributed by atoms with E-state index < -0.39 is 6.10 Å². The standard InChI is InChI=1S/C15H24O2S/c1-11(2)13-5-7-15(8-6-13)18-10-14(16)9-17-12(3)4/h5-8,11-12,14,16H,9-10H2,1-4H3. The van der Waals surface area contributed by atoms with E-state index in [9.17, 15) is 5.11 Å². The first kappa shape index (κ1) is 15.5. The van der Waals surface area contributed by atoms with Crippen molar-refractivity contribution in [2.45, 2.75) is 50.7 Å². The summed E-state index contributed by atoms with van der Waals surface area (Å²) in [4.78, 5) is 1.20. The Morgan fingerprint density at radius 2 is 1.72 bits per heavy atom. The van der Waals surface area contributed by atoms with Crippen LogP contribution < -0.4 is 0 Å². The van der Waals surface area contributed by atoms with E-state index in [0.717, 1.165) is 0 Å². The molecule has 3 heteroatoms. The summed E-state index contributed by atoms with van der Waals surface area (Å²) in [7, 11) is 0. The van der Waals surface area contributed by atoms with E-state index in [0.29, 0.717) is 18.3 Å². The average molecular weight is 268 g/mol. The molecule has 0 saturated carbocycles. The Morgan fingerprint density at radius 3 is 2.22 bits per heavy atom. The van der Waals surface area contributed by atoms with Gasteiger partial charge in [0.25, 0.3) is 0 Å². The Morgan fingerprint density at radius 1 is 1.11 bits per heavy atom. The number of aliphatic hydroxyl groups is 1. The Bertz CT molecular complexity index is 333. The number of hydrogen-bond acceptors (Lipinski definition) is 3. The molecule has 102 valence electrons. The van der Waals surface area contributed by atoms with Gasteiger partial charge in [0.1, 0.15) is 0 Å². The monoisotopic (exact) mass is 268 g/mol. The molecule has 0 aliphatic rings. The molecule has 0 aliphatic heterocycles. The highest BCUT2D eigenvalue weighted by Gasteiger charge is 2.07. The molecule has 0 saturated heterocycles. The predicted molar refractivity (Wildman–Crippen MR) is 78.3 cm³/mol. The van der Waals surface area contributed by atoms with Crippen LogP contribution in [-0.4, -0.2) is 29.7 Å². The largest absolute Gasteiger partial charge is 0.390 e. The fourth-order valence-electron chi connectivity index (χ4n) is 1.49. The molecule has 0 radical (unpaired) electrons. The summed E-state index contributed by atoms with van der Waals surface area (Å²) in [6, 6.07) is 8.56. The molecule has 0 heterocycles. The molecule has 2 nitrogen and oxygen atoms in total. The third-order valence-electron chi connectivity index (χ3n) is 2.61. The summed E-state index contributed by atoms with van der Waals surface area (Å²) < 4.78 is 5.38. The van der Waals surface area contributed by atoms with Crippen LogP contribution in [0, 0.1) is 0 Å². The Labute approximate surface area is 115 Å². The molecule has 1 N–H and O–H groups in total. The van der Waals surface area contributed by atoms with Gasteiger partial charge in [0.05, 0.1) is 18.8 Å². The van der Waals surface area contributed by atoms with Crippen LogP contribution >= 0.6 is 11.8 Å². The van der Waals surface area contributed by atoms with Crippen LogP contribution in [0.1, 0.15) is 39.2 Å². The zero-order valence-corrected chi connectivity index (χ0v) is 12.5. The van der Waals surface area contributed by atoms with Gasteiger partial charge in [-0.05, 0) is 37.5 Å². The first-order valence-electron chi connectivity index (χ1n) is 6.51. The Balaban J connectivity index is 2.34. The van der Waals surface area contributed by atoms with E-state index >= 15 is 0 Å². The summed E-state index contributed by atoms with van der Waals surface area (Å²) >= 11 is 1.67. The van der Waals surface area contributed by atoms with E-state index in [-0.39, 0.29) is 6.10 Å². The van der Waals surface area contributed by atoms with E-state index in [2.05, 4.69) is 38.1 Å². The lowest BCUT2D eigenvalue weighted by Gasteiger charge is -2.13. The lowest BCUT2D eigenvalue weighted by Crippen LogP contribution is -2.20. The minimum absolute atomic E-state index is 0.176. The van der Waals surface area contributed by atoms with Crippen molar-refractivity contribution in [1.82, 2.24) is 0 Å². The van der Waals surface area contributed by atoms with Gasteiger partial charge >= 0.3 is 0 Å². The molecule has 0 aliphatic carbocycles. The molecule has 1 unspecified atom stereocenters. The van der Waals surface area contributed by atoms with Gasteiger partial charge in [0.15, 0.2) is 0 Å². The highest BCUT2D eigenvalue weighted by Crippen LogP contribution is 2.22. The van der Waals surface area contributed by atoms with Gasteiger partial charge < -0.3 is 9.84 Å². The fraction of sp³-hybridized carbons (Fsp3) is 0.600. The molecule has 18 heavy (non-hydrogen) atoms. The number of rotatable bonds is 7. The molecule has 0 amide bonds. The third kappa shape index (κ3) is 5.89. The van der Waals surface area contributed by atoms with Crippen molar-refractivity contribution in [3.05, 3.63) is 29.8 Å². The van der Waals surface area contributed by atoms with Gasteiger partial charge in [-0.15, -0.1) is 11.8 Å². The summed E-state index contributed by atoms with van der Waals surface area (Å²) in [6.07, 6.45) is -0.225. The highest BCUT2D eigenvalue weighted by molar-refractivity contribution is 7.99. The minimum atomic E-state index is -0.401. The molecule has 0 fully saturated rings. The van der Waals surface area contributed by atoms with Gasteiger partial charge in [0, 0.05) is 10.6 Å². The Kier molecular flexibility index (Phi) is 6.76. The van der Waals surface area contributed by atoms with E-state index in [1.165, 1.54) is 10.5 Å². The van der Waals surface area contributed by atoms with E-state index in [1.807, 2.05) is 13.8 Å². The van der Waals surface area contributed by atoms with Crippen LogP contribution in [0.2, 0.25) is 0 Å². The maximum absolute atomic E-state index is 9.76. The van der Waals surface area contributed by atoms with E-state index in [4.69, 9.17) is 4.74 Å². The molecule has 1 rings (SSSR count). The minimum Gasteiger partial charge on any atom is -0.390 e. The van der Waals surface area contributed by atoms with Crippen LogP contribution in [0.4, 0.5) is 0 Å². The number of thioether (sulfide) groups is 1. The average Bonchev–Trinajstić information content (AvgIpc) is 2.34. The molecular weight excluding hydrogens is 244 g/mol. The lowest BCUT2D eigenvalue weighted by atomic mass is 10.0. The normalized spacial score (nSPS) is 13.3. The first-order valence-corrected chi connectivity index (χ1v) is 7.50. The molecule has 1 atom stereocenters. The van der Waals surface area contributed by atoms with Crippen molar-refractivity contribution in [3.63, 3.8) is 0 Å². The van der Waals surface area contributed by atoms with Crippen molar-refractivity contribution in [1.29, 1.82) is 0 Å². The molecule has 0 aromatic heterocycles. The van der Waals surface area contributed by atoms with Crippen LogP contribution in [-0.2, 0) is 4.74 Å².